The minimum Gasteiger partial charge on any atom is -0.359 e. The molecule has 9 heteroatoms. The number of urea groups is 1. The molecule has 3 atom stereocenters. The fraction of sp³-hybridized carbons (Fsp3) is 0.318. The van der Waals surface area contributed by atoms with Crippen LogP contribution in [0.5, 0.6) is 0 Å². The summed E-state index contributed by atoms with van der Waals surface area (Å²) >= 11 is 0. The van der Waals surface area contributed by atoms with Crippen molar-refractivity contribution in [3.05, 3.63) is 36.0 Å². The van der Waals surface area contributed by atoms with Gasteiger partial charge in [-0.1, -0.05) is 5.92 Å². The molecule has 3 aliphatic heterocycles. The molecule has 2 unspecified atom stereocenters. The summed E-state index contributed by atoms with van der Waals surface area (Å²) in [5, 5.41) is 9.91. The van der Waals surface area contributed by atoms with Gasteiger partial charge in [0.15, 0.2) is 0 Å². The second-order valence-electron chi connectivity index (χ2n) is 7.65. The highest BCUT2D eigenvalue weighted by molar-refractivity contribution is 6.25. The van der Waals surface area contributed by atoms with Crippen molar-refractivity contribution in [1.29, 1.82) is 5.26 Å². The lowest BCUT2D eigenvalue weighted by Gasteiger charge is -2.34. The topological polar surface area (TPSA) is 107 Å². The first-order valence-electron chi connectivity index (χ1n) is 9.81. The summed E-state index contributed by atoms with van der Waals surface area (Å²) in [5.74, 6) is 1.69. The van der Waals surface area contributed by atoms with Crippen LogP contribution < -0.4 is 4.90 Å². The molecule has 3 saturated heterocycles. The van der Waals surface area contributed by atoms with Crippen molar-refractivity contribution >= 4 is 34.4 Å². The van der Waals surface area contributed by atoms with E-state index in [4.69, 9.17) is 11.2 Å². The Labute approximate surface area is 177 Å². The van der Waals surface area contributed by atoms with E-state index in [9.17, 15) is 19.6 Å². The van der Waals surface area contributed by atoms with E-state index in [1.807, 2.05) is 0 Å². The standard InChI is InChI=1S/C22H17N5O4/c1-2-8-31-12-18(28)25-11-14-9-17(25)20-21(29)27(22(30)26(14)20)16-6-5-13(10-23)19-15(16)4-3-7-24-19/h1,3-7,14,17,20H,8-9,11-12H2/t14?,17?,20-/m0/s1. The van der Waals surface area contributed by atoms with E-state index in [1.165, 1.54) is 0 Å². The SMILES string of the molecule is C#CCOCC(=O)N1CC2CC1[C@H]1C(=O)N(c3ccc(C#N)c4ncccc34)C(=O)N21. The number of carbonyl (C=O) groups is 3. The van der Waals surface area contributed by atoms with Crippen LogP contribution in [0.3, 0.4) is 0 Å². The quantitative estimate of drug-likeness (QED) is 0.417. The van der Waals surface area contributed by atoms with Gasteiger partial charge >= 0.3 is 6.03 Å². The third kappa shape index (κ3) is 2.68. The number of aromatic nitrogens is 1. The van der Waals surface area contributed by atoms with Gasteiger partial charge in [0.1, 0.15) is 25.3 Å². The average molecular weight is 415 g/mol. The third-order valence-corrected chi connectivity index (χ3v) is 6.10. The maximum Gasteiger partial charge on any atom is 0.332 e. The number of ether oxygens (including phenoxy) is 1. The Bertz CT molecular complexity index is 1210. The second-order valence-corrected chi connectivity index (χ2v) is 7.65. The lowest BCUT2D eigenvalue weighted by molar-refractivity contribution is -0.139. The molecule has 1 aromatic heterocycles. The largest absolute Gasteiger partial charge is 0.359 e. The van der Waals surface area contributed by atoms with Crippen LogP contribution in [0.4, 0.5) is 10.5 Å². The molecule has 0 aliphatic carbocycles. The average Bonchev–Trinajstić information content (AvgIpc) is 3.45. The smallest absolute Gasteiger partial charge is 0.332 e. The van der Waals surface area contributed by atoms with Crippen molar-refractivity contribution in [2.24, 2.45) is 0 Å². The molecule has 0 N–H and O–H groups in total. The molecular weight excluding hydrogens is 398 g/mol. The Kier molecular flexibility index (Phi) is 4.35. The van der Waals surface area contributed by atoms with Crippen LogP contribution >= 0.6 is 0 Å². The summed E-state index contributed by atoms with van der Waals surface area (Å²) in [6.45, 7) is 0.244. The van der Waals surface area contributed by atoms with Gasteiger partial charge in [-0.05, 0) is 30.7 Å². The lowest BCUT2D eigenvalue weighted by Crippen LogP contribution is -2.55. The summed E-state index contributed by atoms with van der Waals surface area (Å²) in [4.78, 5) is 47.8. The van der Waals surface area contributed by atoms with Gasteiger partial charge in [0, 0.05) is 18.1 Å². The number of fused-ring (bicyclic) bond motifs is 6. The molecule has 9 nitrogen and oxygen atoms in total. The Balaban J connectivity index is 1.47. The van der Waals surface area contributed by atoms with Gasteiger partial charge in [-0.15, -0.1) is 6.42 Å². The second kappa shape index (κ2) is 7.08. The molecular formula is C22H17N5O4. The van der Waals surface area contributed by atoms with Gasteiger partial charge in [0.2, 0.25) is 5.91 Å². The Hall–Kier alpha value is -3.95. The van der Waals surface area contributed by atoms with Gasteiger partial charge < -0.3 is 14.5 Å². The number of likely N-dealkylation sites (tertiary alicyclic amines) is 1. The number of nitriles is 1. The molecule has 31 heavy (non-hydrogen) atoms. The van der Waals surface area contributed by atoms with Crippen molar-refractivity contribution in [1.82, 2.24) is 14.8 Å². The molecule has 5 rings (SSSR count). The lowest BCUT2D eigenvalue weighted by atomic mass is 10.1. The number of rotatable bonds is 4. The van der Waals surface area contributed by atoms with E-state index in [0.717, 1.165) is 4.90 Å². The van der Waals surface area contributed by atoms with Crippen molar-refractivity contribution in [2.75, 3.05) is 24.7 Å². The molecule has 0 spiro atoms. The summed E-state index contributed by atoms with van der Waals surface area (Å²) in [5.41, 5.74) is 1.18. The highest BCUT2D eigenvalue weighted by Gasteiger charge is 2.62. The fourth-order valence-corrected chi connectivity index (χ4v) is 4.89. The van der Waals surface area contributed by atoms with Crippen molar-refractivity contribution in [2.45, 2.75) is 24.5 Å². The minimum absolute atomic E-state index is 0.0359. The zero-order valence-electron chi connectivity index (χ0n) is 16.4. The number of nitrogens with zero attached hydrogens (tertiary/aromatic N) is 5. The number of hydrogen-bond acceptors (Lipinski definition) is 6. The van der Waals surface area contributed by atoms with E-state index in [0.29, 0.717) is 35.1 Å². The predicted molar refractivity (Wildman–Crippen MR) is 109 cm³/mol. The van der Waals surface area contributed by atoms with E-state index in [2.05, 4.69) is 17.0 Å². The summed E-state index contributed by atoms with van der Waals surface area (Å²) in [6.07, 6.45) is 7.27. The van der Waals surface area contributed by atoms with E-state index in [-0.39, 0.29) is 31.1 Å². The van der Waals surface area contributed by atoms with Crippen LogP contribution in [0.25, 0.3) is 10.9 Å². The van der Waals surface area contributed by atoms with Crippen molar-refractivity contribution in [3.8, 4) is 18.4 Å². The third-order valence-electron chi connectivity index (χ3n) is 6.10. The first-order valence-corrected chi connectivity index (χ1v) is 9.81. The molecule has 1 aromatic carbocycles. The van der Waals surface area contributed by atoms with Gasteiger partial charge in [-0.2, -0.15) is 5.26 Å². The van der Waals surface area contributed by atoms with Gasteiger partial charge in [-0.25, -0.2) is 9.69 Å². The molecule has 0 saturated carbocycles. The number of carbonyl (C=O) groups excluding carboxylic acids is 3. The molecule has 2 aromatic rings. The highest BCUT2D eigenvalue weighted by atomic mass is 16.5. The maximum atomic E-state index is 13.4. The Morgan fingerprint density at radius 3 is 2.94 bits per heavy atom. The predicted octanol–water partition coefficient (Wildman–Crippen LogP) is 0.877. The summed E-state index contributed by atoms with van der Waals surface area (Å²) < 4.78 is 5.15. The molecule has 3 fully saturated rings. The van der Waals surface area contributed by atoms with Crippen LogP contribution in [0.1, 0.15) is 12.0 Å². The van der Waals surface area contributed by atoms with Crippen LogP contribution in [-0.2, 0) is 14.3 Å². The molecule has 3 aliphatic rings. The van der Waals surface area contributed by atoms with E-state index in [1.54, 1.807) is 40.3 Å². The zero-order chi connectivity index (χ0) is 21.7. The molecule has 4 amide bonds. The van der Waals surface area contributed by atoms with Gasteiger partial charge in [0.05, 0.1) is 28.9 Å². The van der Waals surface area contributed by atoms with E-state index >= 15 is 0 Å². The summed E-state index contributed by atoms with van der Waals surface area (Å²) in [6, 6.07) is 6.90. The Morgan fingerprint density at radius 2 is 2.16 bits per heavy atom. The van der Waals surface area contributed by atoms with Crippen LogP contribution in [0.2, 0.25) is 0 Å². The number of terminal acetylenes is 1. The van der Waals surface area contributed by atoms with Gasteiger partial charge in [0.25, 0.3) is 5.91 Å². The number of imide groups is 1. The van der Waals surface area contributed by atoms with Crippen molar-refractivity contribution in [3.63, 3.8) is 0 Å². The number of hydrogen-bond donors (Lipinski definition) is 0. The molecule has 154 valence electrons. The Morgan fingerprint density at radius 1 is 1.32 bits per heavy atom. The summed E-state index contributed by atoms with van der Waals surface area (Å²) in [7, 11) is 0. The minimum atomic E-state index is -0.731. The highest BCUT2D eigenvalue weighted by Crippen LogP contribution is 2.43. The number of benzene rings is 1. The van der Waals surface area contributed by atoms with Crippen LogP contribution in [0.15, 0.2) is 30.5 Å². The normalized spacial score (nSPS) is 23.9. The molecule has 2 bridgehead atoms. The first-order chi connectivity index (χ1) is 15.1. The fourth-order valence-electron chi connectivity index (χ4n) is 4.89. The van der Waals surface area contributed by atoms with Crippen LogP contribution in [-0.4, -0.2) is 70.5 Å². The zero-order valence-corrected chi connectivity index (χ0v) is 16.4. The van der Waals surface area contributed by atoms with Crippen LogP contribution in [0, 0.1) is 23.7 Å². The first kappa shape index (κ1) is 19.0. The molecule has 0 radical (unpaired) electrons. The maximum absolute atomic E-state index is 13.4. The number of amides is 4. The van der Waals surface area contributed by atoms with Crippen molar-refractivity contribution < 1.29 is 19.1 Å². The number of pyridine rings is 1. The number of piperazine rings is 1. The molecule has 4 heterocycles. The monoisotopic (exact) mass is 415 g/mol. The number of anilines is 1. The van der Waals surface area contributed by atoms with E-state index < -0.39 is 18.1 Å². The van der Waals surface area contributed by atoms with Gasteiger partial charge in [-0.3, -0.25) is 14.6 Å².